The first-order valence-corrected chi connectivity index (χ1v) is 7.74. The molecule has 1 unspecified atom stereocenters. The Morgan fingerprint density at radius 3 is 2.45 bits per heavy atom. The van der Waals surface area contributed by atoms with Gasteiger partial charge in [0.2, 0.25) is 0 Å². The Labute approximate surface area is 132 Å². The summed E-state index contributed by atoms with van der Waals surface area (Å²) in [6, 6.07) is 18.5. The van der Waals surface area contributed by atoms with Crippen LogP contribution in [0.5, 0.6) is 0 Å². The SMILES string of the molecule is Clc1cccc(C2(Br)C=CC(c3ccccc3)=CC2)c1. The maximum Gasteiger partial charge on any atom is 0.0724 e. The summed E-state index contributed by atoms with van der Waals surface area (Å²) in [7, 11) is 0. The van der Waals surface area contributed by atoms with E-state index in [0.29, 0.717) is 0 Å². The lowest BCUT2D eigenvalue weighted by atomic mass is 9.88. The van der Waals surface area contributed by atoms with Crippen molar-refractivity contribution in [2.45, 2.75) is 10.7 Å². The molecule has 0 fully saturated rings. The van der Waals surface area contributed by atoms with E-state index in [1.54, 1.807) is 0 Å². The van der Waals surface area contributed by atoms with Gasteiger partial charge in [0.1, 0.15) is 0 Å². The van der Waals surface area contributed by atoms with Crippen LogP contribution in [0.1, 0.15) is 17.5 Å². The number of hydrogen-bond acceptors (Lipinski definition) is 0. The van der Waals surface area contributed by atoms with Crippen molar-refractivity contribution in [2.24, 2.45) is 0 Å². The van der Waals surface area contributed by atoms with Gasteiger partial charge in [-0.25, -0.2) is 0 Å². The van der Waals surface area contributed by atoms with Gasteiger partial charge >= 0.3 is 0 Å². The lowest BCUT2D eigenvalue weighted by molar-refractivity contribution is 0.800. The average Bonchev–Trinajstić information content (AvgIpc) is 2.49. The van der Waals surface area contributed by atoms with Crippen molar-refractivity contribution in [3.05, 3.63) is 89.0 Å². The van der Waals surface area contributed by atoms with Gasteiger partial charge in [-0.3, -0.25) is 0 Å². The van der Waals surface area contributed by atoms with Crippen LogP contribution < -0.4 is 0 Å². The van der Waals surface area contributed by atoms with E-state index >= 15 is 0 Å². The first-order valence-electron chi connectivity index (χ1n) is 6.57. The largest absolute Gasteiger partial charge is 0.0843 e. The van der Waals surface area contributed by atoms with Gasteiger partial charge in [0, 0.05) is 5.02 Å². The third-order valence-electron chi connectivity index (χ3n) is 3.56. The average molecular weight is 346 g/mol. The van der Waals surface area contributed by atoms with Gasteiger partial charge in [0.05, 0.1) is 4.32 Å². The molecule has 0 heterocycles. The number of rotatable bonds is 2. The lowest BCUT2D eigenvalue weighted by Gasteiger charge is -2.27. The van der Waals surface area contributed by atoms with Crippen molar-refractivity contribution in [2.75, 3.05) is 0 Å². The topological polar surface area (TPSA) is 0 Å². The van der Waals surface area contributed by atoms with Crippen LogP contribution in [0, 0.1) is 0 Å². The zero-order chi connectivity index (χ0) is 14.0. The lowest BCUT2D eigenvalue weighted by Crippen LogP contribution is -2.16. The predicted octanol–water partition coefficient (Wildman–Crippen LogP) is 5.97. The number of allylic oxidation sites excluding steroid dienone is 4. The second kappa shape index (κ2) is 5.59. The highest BCUT2D eigenvalue weighted by Crippen LogP contribution is 2.42. The summed E-state index contributed by atoms with van der Waals surface area (Å²) in [5.74, 6) is 0. The zero-order valence-corrected chi connectivity index (χ0v) is 13.2. The van der Waals surface area contributed by atoms with Gasteiger partial charge < -0.3 is 0 Å². The molecule has 0 spiro atoms. The number of halogens is 2. The Morgan fingerprint density at radius 2 is 1.80 bits per heavy atom. The molecule has 2 aromatic rings. The van der Waals surface area contributed by atoms with Gasteiger partial charge in [0.15, 0.2) is 0 Å². The second-order valence-electron chi connectivity index (χ2n) is 4.94. The van der Waals surface area contributed by atoms with E-state index in [0.717, 1.165) is 11.4 Å². The Morgan fingerprint density at radius 1 is 1.00 bits per heavy atom. The third kappa shape index (κ3) is 2.74. The summed E-state index contributed by atoms with van der Waals surface area (Å²) in [6.45, 7) is 0. The molecule has 0 aromatic heterocycles. The Bertz CT molecular complexity index is 673. The maximum atomic E-state index is 6.09. The number of benzene rings is 2. The summed E-state index contributed by atoms with van der Waals surface area (Å²) >= 11 is 9.94. The Hall–Kier alpha value is -1.31. The normalized spacial score (nSPS) is 21.6. The molecule has 1 atom stereocenters. The quantitative estimate of drug-likeness (QED) is 0.588. The highest BCUT2D eigenvalue weighted by molar-refractivity contribution is 9.09. The van der Waals surface area contributed by atoms with Gasteiger partial charge in [0.25, 0.3) is 0 Å². The van der Waals surface area contributed by atoms with Crippen LogP contribution in [0.4, 0.5) is 0 Å². The second-order valence-corrected chi connectivity index (χ2v) is 6.79. The molecule has 2 aromatic carbocycles. The van der Waals surface area contributed by atoms with E-state index < -0.39 is 0 Å². The van der Waals surface area contributed by atoms with Crippen LogP contribution in [0.2, 0.25) is 5.02 Å². The molecule has 0 bridgehead atoms. The molecule has 0 N–H and O–H groups in total. The van der Waals surface area contributed by atoms with Crippen LogP contribution >= 0.6 is 27.5 Å². The highest BCUT2D eigenvalue weighted by atomic mass is 79.9. The molecule has 1 aliphatic rings. The maximum absolute atomic E-state index is 6.09. The van der Waals surface area contributed by atoms with Crippen LogP contribution in [-0.4, -0.2) is 0 Å². The van der Waals surface area contributed by atoms with Crippen LogP contribution in [0.25, 0.3) is 5.57 Å². The van der Waals surface area contributed by atoms with Crippen molar-refractivity contribution < 1.29 is 0 Å². The van der Waals surface area contributed by atoms with Gasteiger partial charge in [-0.1, -0.05) is 88.2 Å². The monoisotopic (exact) mass is 344 g/mol. The van der Waals surface area contributed by atoms with Crippen molar-refractivity contribution in [1.29, 1.82) is 0 Å². The van der Waals surface area contributed by atoms with Gasteiger partial charge in [-0.2, -0.15) is 0 Å². The molecule has 0 saturated heterocycles. The van der Waals surface area contributed by atoms with Crippen molar-refractivity contribution in [3.63, 3.8) is 0 Å². The van der Waals surface area contributed by atoms with E-state index in [1.807, 2.05) is 24.3 Å². The fraction of sp³-hybridized carbons (Fsp3) is 0.111. The fourth-order valence-corrected chi connectivity index (χ4v) is 3.15. The summed E-state index contributed by atoms with van der Waals surface area (Å²) in [5, 5.41) is 0.771. The Kier molecular flexibility index (Phi) is 3.82. The molecular formula is C18H14BrCl. The van der Waals surface area contributed by atoms with Crippen molar-refractivity contribution in [3.8, 4) is 0 Å². The van der Waals surface area contributed by atoms with Gasteiger partial charge in [-0.15, -0.1) is 0 Å². The zero-order valence-electron chi connectivity index (χ0n) is 10.9. The molecule has 0 aliphatic heterocycles. The first-order chi connectivity index (χ1) is 9.67. The van der Waals surface area contributed by atoms with Crippen LogP contribution in [0.15, 0.2) is 72.8 Å². The minimum Gasteiger partial charge on any atom is -0.0843 e. The van der Waals surface area contributed by atoms with E-state index in [9.17, 15) is 0 Å². The van der Waals surface area contributed by atoms with E-state index in [2.05, 4.69) is 64.5 Å². The summed E-state index contributed by atoms with van der Waals surface area (Å²) < 4.78 is -0.157. The minimum absolute atomic E-state index is 0.157. The minimum atomic E-state index is -0.157. The van der Waals surface area contributed by atoms with Crippen LogP contribution in [-0.2, 0) is 4.32 Å². The molecule has 100 valence electrons. The van der Waals surface area contributed by atoms with Crippen molar-refractivity contribution >= 4 is 33.1 Å². The first kappa shape index (κ1) is 13.7. The summed E-state index contributed by atoms with van der Waals surface area (Å²) in [6.07, 6.45) is 7.56. The van der Waals surface area contributed by atoms with E-state index in [1.165, 1.54) is 16.7 Å². The molecule has 2 heteroatoms. The molecule has 0 nitrogen and oxygen atoms in total. The smallest absolute Gasteiger partial charge is 0.0724 e. The van der Waals surface area contributed by atoms with Gasteiger partial charge in [-0.05, 0) is 35.3 Å². The number of alkyl halides is 1. The molecule has 1 aliphatic carbocycles. The van der Waals surface area contributed by atoms with Crippen molar-refractivity contribution in [1.82, 2.24) is 0 Å². The standard InChI is InChI=1S/C18H14BrCl/c19-18(16-7-4-8-17(20)13-16)11-9-15(10-12-18)14-5-2-1-3-6-14/h1-11,13H,12H2. The molecule has 0 amide bonds. The van der Waals surface area contributed by atoms with E-state index in [-0.39, 0.29) is 4.32 Å². The van der Waals surface area contributed by atoms with Crippen LogP contribution in [0.3, 0.4) is 0 Å². The highest BCUT2D eigenvalue weighted by Gasteiger charge is 2.27. The summed E-state index contributed by atoms with van der Waals surface area (Å²) in [4.78, 5) is 0. The molecule has 0 saturated carbocycles. The number of hydrogen-bond donors (Lipinski definition) is 0. The predicted molar refractivity (Wildman–Crippen MR) is 90.2 cm³/mol. The molecule has 0 radical (unpaired) electrons. The van der Waals surface area contributed by atoms with E-state index in [4.69, 9.17) is 11.6 Å². The molecular weight excluding hydrogens is 332 g/mol. The molecule has 20 heavy (non-hydrogen) atoms. The molecule has 3 rings (SSSR count). The Balaban J connectivity index is 1.88. The summed E-state index contributed by atoms with van der Waals surface area (Å²) in [5.41, 5.74) is 3.71. The fourth-order valence-electron chi connectivity index (χ4n) is 2.42. The third-order valence-corrected chi connectivity index (χ3v) is 4.84.